The molecule has 0 bridgehead atoms. The first-order valence-electron chi connectivity index (χ1n) is 11.8. The number of carbonyl (C=O) groups excluding carboxylic acids is 1. The number of aromatic carboxylic acids is 1. The van der Waals surface area contributed by atoms with Gasteiger partial charge in [-0.1, -0.05) is 23.7 Å². The SMILES string of the molecule is C[C@@H]1CN(Cc2ccc(F)cc2)[C@@H](C)CN1C(=O)COc1ccc(Cl)cc1OCc1ccsc1C(=O)O. The lowest BCUT2D eigenvalue weighted by atomic mass is 10.1. The first kappa shape index (κ1) is 26.9. The Morgan fingerprint density at radius 1 is 1.05 bits per heavy atom. The average Bonchev–Trinajstić information content (AvgIpc) is 3.34. The van der Waals surface area contributed by atoms with Crippen LogP contribution in [-0.2, 0) is 17.9 Å². The molecule has 1 aliphatic heterocycles. The third kappa shape index (κ3) is 6.80. The van der Waals surface area contributed by atoms with E-state index in [4.69, 9.17) is 21.1 Å². The number of ether oxygens (including phenoxy) is 2. The highest BCUT2D eigenvalue weighted by Gasteiger charge is 2.32. The van der Waals surface area contributed by atoms with Crippen molar-refractivity contribution in [1.29, 1.82) is 0 Å². The predicted molar refractivity (Wildman–Crippen MR) is 140 cm³/mol. The van der Waals surface area contributed by atoms with Crippen molar-refractivity contribution >= 4 is 34.8 Å². The number of rotatable bonds is 9. The van der Waals surface area contributed by atoms with Crippen molar-refractivity contribution in [3.63, 3.8) is 0 Å². The van der Waals surface area contributed by atoms with Gasteiger partial charge in [0.15, 0.2) is 18.1 Å². The lowest BCUT2D eigenvalue weighted by molar-refractivity contribution is -0.139. The Morgan fingerprint density at radius 3 is 2.54 bits per heavy atom. The van der Waals surface area contributed by atoms with E-state index >= 15 is 0 Å². The summed E-state index contributed by atoms with van der Waals surface area (Å²) in [7, 11) is 0. The lowest BCUT2D eigenvalue weighted by Crippen LogP contribution is -2.58. The van der Waals surface area contributed by atoms with Gasteiger partial charge in [-0.25, -0.2) is 9.18 Å². The van der Waals surface area contributed by atoms with Crippen LogP contribution < -0.4 is 9.47 Å². The van der Waals surface area contributed by atoms with E-state index in [-0.39, 0.29) is 41.9 Å². The summed E-state index contributed by atoms with van der Waals surface area (Å²) in [5, 5.41) is 11.4. The molecule has 0 unspecified atom stereocenters. The van der Waals surface area contributed by atoms with Crippen LogP contribution in [0.25, 0.3) is 0 Å². The Labute approximate surface area is 224 Å². The zero-order valence-corrected chi connectivity index (χ0v) is 22.1. The molecule has 0 radical (unpaired) electrons. The number of amides is 1. The molecule has 1 N–H and O–H groups in total. The molecule has 0 spiro atoms. The summed E-state index contributed by atoms with van der Waals surface area (Å²) in [6.07, 6.45) is 0. The molecule has 7 nitrogen and oxygen atoms in total. The van der Waals surface area contributed by atoms with Crippen molar-refractivity contribution < 1.29 is 28.6 Å². The van der Waals surface area contributed by atoms with E-state index in [1.54, 1.807) is 41.8 Å². The summed E-state index contributed by atoms with van der Waals surface area (Å²) in [6.45, 7) is 5.84. The second-order valence-electron chi connectivity index (χ2n) is 9.05. The number of halogens is 2. The Balaban J connectivity index is 1.35. The predicted octanol–water partition coefficient (Wildman–Crippen LogP) is 5.32. The van der Waals surface area contributed by atoms with Crippen LogP contribution in [0.2, 0.25) is 5.02 Å². The van der Waals surface area contributed by atoms with Crippen molar-refractivity contribution in [1.82, 2.24) is 9.80 Å². The Morgan fingerprint density at radius 2 is 1.81 bits per heavy atom. The van der Waals surface area contributed by atoms with Crippen molar-refractivity contribution in [2.45, 2.75) is 39.1 Å². The summed E-state index contributed by atoms with van der Waals surface area (Å²) in [4.78, 5) is 28.8. The summed E-state index contributed by atoms with van der Waals surface area (Å²) in [6, 6.07) is 13.1. The van der Waals surface area contributed by atoms with Crippen LogP contribution in [0.5, 0.6) is 11.5 Å². The number of nitrogens with zero attached hydrogens (tertiary/aromatic N) is 2. The number of carboxylic acids is 1. The molecule has 196 valence electrons. The molecule has 2 heterocycles. The van der Waals surface area contributed by atoms with Crippen LogP contribution in [-0.4, -0.2) is 58.6 Å². The number of carboxylic acid groups (broad SMARTS) is 1. The lowest BCUT2D eigenvalue weighted by Gasteiger charge is -2.44. The molecule has 37 heavy (non-hydrogen) atoms. The summed E-state index contributed by atoms with van der Waals surface area (Å²) in [5.41, 5.74) is 1.57. The van der Waals surface area contributed by atoms with E-state index in [9.17, 15) is 19.1 Å². The van der Waals surface area contributed by atoms with Crippen LogP contribution in [0.15, 0.2) is 53.9 Å². The van der Waals surface area contributed by atoms with Gasteiger partial charge in [-0.15, -0.1) is 11.3 Å². The number of benzene rings is 2. The topological polar surface area (TPSA) is 79.3 Å². The van der Waals surface area contributed by atoms with Crippen molar-refractivity contribution in [3.8, 4) is 11.5 Å². The smallest absolute Gasteiger partial charge is 0.346 e. The van der Waals surface area contributed by atoms with E-state index < -0.39 is 5.97 Å². The first-order chi connectivity index (χ1) is 17.7. The molecule has 0 aliphatic carbocycles. The third-order valence-corrected chi connectivity index (χ3v) is 7.50. The van der Waals surface area contributed by atoms with Crippen LogP contribution >= 0.6 is 22.9 Å². The maximum Gasteiger partial charge on any atom is 0.346 e. The van der Waals surface area contributed by atoms with Gasteiger partial charge in [0.25, 0.3) is 5.91 Å². The van der Waals surface area contributed by atoms with E-state index in [0.717, 1.165) is 16.9 Å². The Bertz CT molecular complexity index is 1250. The average molecular weight is 547 g/mol. The number of piperazine rings is 1. The molecule has 1 saturated heterocycles. The summed E-state index contributed by atoms with van der Waals surface area (Å²) < 4.78 is 24.9. The highest BCUT2D eigenvalue weighted by molar-refractivity contribution is 7.12. The fraction of sp³-hybridized carbons (Fsp3) is 0.333. The van der Waals surface area contributed by atoms with Gasteiger partial charge in [0.2, 0.25) is 0 Å². The molecule has 1 fully saturated rings. The molecule has 2 aromatic carbocycles. The van der Waals surface area contributed by atoms with Gasteiger partial charge < -0.3 is 19.5 Å². The standard InChI is InChI=1S/C27H28ClFN2O5S/c1-17-13-31(18(2)12-30(17)14-19-3-6-22(29)7-4-19)25(32)16-36-23-8-5-21(28)11-24(23)35-15-20-9-10-37-26(20)27(33)34/h3-11,17-18H,12-16H2,1-2H3,(H,33,34)/t17-,18+/m0/s1. The molecule has 2 atom stereocenters. The molecule has 4 rings (SSSR count). The van der Waals surface area contributed by atoms with Gasteiger partial charge in [0, 0.05) is 48.4 Å². The normalized spacial score (nSPS) is 18.0. The van der Waals surface area contributed by atoms with Gasteiger partial charge in [-0.05, 0) is 55.1 Å². The van der Waals surface area contributed by atoms with Gasteiger partial charge in [0.05, 0.1) is 0 Å². The molecular formula is C27H28ClFN2O5S. The van der Waals surface area contributed by atoms with Crippen LogP contribution in [0.3, 0.4) is 0 Å². The van der Waals surface area contributed by atoms with Crippen molar-refractivity contribution in [2.75, 3.05) is 19.7 Å². The van der Waals surface area contributed by atoms with E-state index in [1.807, 2.05) is 11.8 Å². The van der Waals surface area contributed by atoms with Gasteiger partial charge in [-0.2, -0.15) is 0 Å². The minimum atomic E-state index is -1.01. The third-order valence-electron chi connectivity index (χ3n) is 6.32. The fourth-order valence-corrected chi connectivity index (χ4v) is 5.23. The first-order valence-corrected chi connectivity index (χ1v) is 13.1. The number of hydrogen-bond donors (Lipinski definition) is 1. The molecular weight excluding hydrogens is 519 g/mol. The maximum absolute atomic E-state index is 13.2. The molecule has 1 aromatic heterocycles. The Kier molecular flexibility index (Phi) is 8.68. The monoisotopic (exact) mass is 546 g/mol. The number of hydrogen-bond acceptors (Lipinski definition) is 6. The zero-order valence-electron chi connectivity index (χ0n) is 20.5. The zero-order chi connectivity index (χ0) is 26.5. The Hall–Kier alpha value is -3.14. The quantitative estimate of drug-likeness (QED) is 0.391. The van der Waals surface area contributed by atoms with E-state index in [0.29, 0.717) is 41.7 Å². The van der Waals surface area contributed by atoms with Gasteiger partial charge in [-0.3, -0.25) is 9.69 Å². The second-order valence-corrected chi connectivity index (χ2v) is 10.4. The fourth-order valence-electron chi connectivity index (χ4n) is 4.32. The molecule has 10 heteroatoms. The molecule has 3 aromatic rings. The van der Waals surface area contributed by atoms with Gasteiger partial charge >= 0.3 is 5.97 Å². The largest absolute Gasteiger partial charge is 0.485 e. The maximum atomic E-state index is 13.2. The minimum Gasteiger partial charge on any atom is -0.485 e. The van der Waals surface area contributed by atoms with Crippen LogP contribution in [0.1, 0.15) is 34.6 Å². The van der Waals surface area contributed by atoms with Crippen LogP contribution in [0.4, 0.5) is 4.39 Å². The van der Waals surface area contributed by atoms with Crippen LogP contribution in [0, 0.1) is 5.82 Å². The molecule has 0 saturated carbocycles. The molecule has 1 amide bonds. The van der Waals surface area contributed by atoms with Gasteiger partial charge in [0.1, 0.15) is 17.3 Å². The summed E-state index contributed by atoms with van der Waals surface area (Å²) in [5.74, 6) is -0.740. The van der Waals surface area contributed by atoms with Crippen molar-refractivity contribution in [2.24, 2.45) is 0 Å². The highest BCUT2D eigenvalue weighted by atomic mass is 35.5. The van der Waals surface area contributed by atoms with Crippen molar-refractivity contribution in [3.05, 3.63) is 80.8 Å². The molecule has 1 aliphatic rings. The second kappa shape index (κ2) is 11.9. The van der Waals surface area contributed by atoms with E-state index in [2.05, 4.69) is 11.8 Å². The minimum absolute atomic E-state index is 0.0262. The number of thiophene rings is 1. The van der Waals surface area contributed by atoms with E-state index in [1.165, 1.54) is 12.1 Å². The summed E-state index contributed by atoms with van der Waals surface area (Å²) >= 11 is 7.26. The number of carbonyl (C=O) groups is 2. The highest BCUT2D eigenvalue weighted by Crippen LogP contribution is 2.32.